The van der Waals surface area contributed by atoms with Crippen molar-refractivity contribution in [3.8, 4) is 0 Å². The molecule has 0 aromatic carbocycles. The fraction of sp³-hybridized carbons (Fsp3) is 0.973. The second kappa shape index (κ2) is 72.0. The molecule has 78 heavy (non-hydrogen) atoms. The average Bonchev–Trinajstić information content (AvgIpc) is 3.43. The van der Waals surface area contributed by atoms with E-state index in [0.29, 0.717) is 6.42 Å². The lowest BCUT2D eigenvalue weighted by molar-refractivity contribution is -0.150. The summed E-state index contributed by atoms with van der Waals surface area (Å²) in [5, 5.41) is 9.60. The smallest absolute Gasteiger partial charge is 0.306 e. The highest BCUT2D eigenvalue weighted by Gasteiger charge is 2.17. The van der Waals surface area contributed by atoms with Crippen LogP contribution in [0.3, 0.4) is 0 Å². The van der Waals surface area contributed by atoms with Gasteiger partial charge in [-0.05, 0) is 44.9 Å². The lowest BCUT2D eigenvalue weighted by atomic mass is 9.94. The first kappa shape index (κ1) is 79.0. The molecule has 0 amide bonds. The van der Waals surface area contributed by atoms with E-state index in [1.165, 1.54) is 366 Å². The molecule has 0 radical (unpaired) electrons. The zero-order chi connectivity index (χ0) is 57.0. The van der Waals surface area contributed by atoms with E-state index in [1.807, 2.05) is 0 Å². The van der Waals surface area contributed by atoms with Crippen LogP contribution < -0.4 is 0 Å². The lowest BCUT2D eigenvalue weighted by Crippen LogP contribution is -2.18. The Hall–Kier alpha value is -1.06. The molecule has 0 aliphatic heterocycles. The van der Waals surface area contributed by atoms with E-state index in [0.717, 1.165) is 44.9 Å². The van der Waals surface area contributed by atoms with Crippen LogP contribution in [-0.2, 0) is 14.3 Å². The molecule has 0 rings (SSSR count). The molecule has 0 aromatic heterocycles. The minimum Gasteiger partial charge on any atom is -0.481 e. The Kier molecular flexibility index (Phi) is 73.0. The standard InChI is InChI=1S/C38H76O2.C36H72O2/c1-4-7-10-13-16-18-19-20-21-22-23-25-27-30-33-36-38(39)40-37(34-31-28-15-12-9-6-3)35-32-29-26-24-17-14-11-8-5-2;1-3-5-7-9-11-13-15-17-19-20-22-24-26-28-30-32-34-35(36(37)38)33-31-29-27-25-23-21-18-16-14-12-10-8-6-4-2/h37H,4-36H2,1-3H3;35H,3-34H2,1-2H3,(H,37,38). The van der Waals surface area contributed by atoms with Crippen LogP contribution in [0.4, 0.5) is 0 Å². The van der Waals surface area contributed by atoms with Crippen LogP contribution in [0.15, 0.2) is 0 Å². The number of ether oxygens (including phenoxy) is 1. The summed E-state index contributed by atoms with van der Waals surface area (Å²) in [6.45, 7) is 11.4. The Morgan fingerprint density at radius 3 is 0.603 bits per heavy atom. The van der Waals surface area contributed by atoms with Crippen LogP contribution in [0.2, 0.25) is 0 Å². The molecule has 2 unspecified atom stereocenters. The molecule has 2 atom stereocenters. The molecular formula is C74H148O4. The van der Waals surface area contributed by atoms with Gasteiger partial charge in [0.05, 0.1) is 5.92 Å². The third-order valence-electron chi connectivity index (χ3n) is 17.5. The number of aliphatic carboxylic acids is 1. The summed E-state index contributed by atoms with van der Waals surface area (Å²) in [6, 6.07) is 0. The van der Waals surface area contributed by atoms with Crippen LogP contribution in [-0.4, -0.2) is 23.1 Å². The van der Waals surface area contributed by atoms with E-state index in [2.05, 4.69) is 34.6 Å². The predicted molar refractivity (Wildman–Crippen MR) is 349 cm³/mol. The molecule has 0 aromatic rings. The molecule has 1 N–H and O–H groups in total. The van der Waals surface area contributed by atoms with Crippen LogP contribution >= 0.6 is 0 Å². The molecule has 0 spiro atoms. The molecule has 0 heterocycles. The number of carbonyl (C=O) groups is 2. The highest BCUT2D eigenvalue weighted by Crippen LogP contribution is 2.23. The third kappa shape index (κ3) is 69.2. The van der Waals surface area contributed by atoms with Gasteiger partial charge in [0, 0.05) is 6.42 Å². The van der Waals surface area contributed by atoms with Gasteiger partial charge in [-0.25, -0.2) is 0 Å². The fourth-order valence-corrected chi connectivity index (χ4v) is 11.9. The van der Waals surface area contributed by atoms with Crippen molar-refractivity contribution < 1.29 is 19.4 Å². The summed E-state index contributed by atoms with van der Waals surface area (Å²) in [5.74, 6) is -0.582. The van der Waals surface area contributed by atoms with Crippen molar-refractivity contribution in [2.45, 2.75) is 458 Å². The van der Waals surface area contributed by atoms with Crippen molar-refractivity contribution in [1.82, 2.24) is 0 Å². The Bertz CT molecular complexity index is 1090. The SMILES string of the molecule is CCCCCCCCCCCCCCCCCC(=O)OC(CCCCCCCC)CCCCCCCCCCC.CCCCCCCCCCCCCCCCCCC(CCCCCCCCCCCCCCCC)C(=O)O. The van der Waals surface area contributed by atoms with Crippen molar-refractivity contribution in [1.29, 1.82) is 0 Å². The van der Waals surface area contributed by atoms with Crippen LogP contribution in [0, 0.1) is 5.92 Å². The number of unbranched alkanes of at least 4 members (excludes halogenated alkanes) is 55. The summed E-state index contributed by atoms with van der Waals surface area (Å²) in [4.78, 5) is 24.3. The van der Waals surface area contributed by atoms with Gasteiger partial charge in [0.2, 0.25) is 0 Å². The number of rotatable bonds is 67. The second-order valence-electron chi connectivity index (χ2n) is 25.5. The molecule has 0 aliphatic carbocycles. The highest BCUT2D eigenvalue weighted by atomic mass is 16.5. The first-order valence-corrected chi connectivity index (χ1v) is 36.9. The second-order valence-corrected chi connectivity index (χ2v) is 25.5. The highest BCUT2D eigenvalue weighted by molar-refractivity contribution is 5.70. The number of carboxylic acid groups (broad SMARTS) is 1. The van der Waals surface area contributed by atoms with Gasteiger partial charge in [0.25, 0.3) is 0 Å². The van der Waals surface area contributed by atoms with Crippen LogP contribution in [0.1, 0.15) is 452 Å². The molecule has 0 aliphatic rings. The van der Waals surface area contributed by atoms with Gasteiger partial charge in [-0.2, -0.15) is 0 Å². The minimum atomic E-state index is -0.555. The first-order chi connectivity index (χ1) is 38.5. The number of carbonyl (C=O) groups excluding carboxylic acids is 1. The van der Waals surface area contributed by atoms with Gasteiger partial charge in [-0.1, -0.05) is 401 Å². The maximum Gasteiger partial charge on any atom is 0.306 e. The quantitative estimate of drug-likeness (QED) is 0.0487. The van der Waals surface area contributed by atoms with Gasteiger partial charge >= 0.3 is 11.9 Å². The maximum absolute atomic E-state index is 12.6. The molecule has 4 nitrogen and oxygen atoms in total. The van der Waals surface area contributed by atoms with E-state index in [1.54, 1.807) is 0 Å². The Balaban J connectivity index is 0. The van der Waals surface area contributed by atoms with Gasteiger partial charge in [0.15, 0.2) is 0 Å². The normalized spacial score (nSPS) is 12.2. The third-order valence-corrected chi connectivity index (χ3v) is 17.5. The van der Waals surface area contributed by atoms with Crippen molar-refractivity contribution >= 4 is 11.9 Å². The van der Waals surface area contributed by atoms with E-state index in [-0.39, 0.29) is 18.0 Å². The zero-order valence-corrected chi connectivity index (χ0v) is 54.8. The van der Waals surface area contributed by atoms with Crippen LogP contribution in [0.25, 0.3) is 0 Å². The minimum absolute atomic E-state index is 0.0709. The zero-order valence-electron chi connectivity index (χ0n) is 54.8. The number of esters is 1. The Morgan fingerprint density at radius 1 is 0.244 bits per heavy atom. The van der Waals surface area contributed by atoms with E-state index < -0.39 is 5.97 Å². The molecule has 0 saturated carbocycles. The fourth-order valence-electron chi connectivity index (χ4n) is 11.9. The van der Waals surface area contributed by atoms with Gasteiger partial charge in [-0.15, -0.1) is 0 Å². The Morgan fingerprint density at radius 2 is 0.410 bits per heavy atom. The van der Waals surface area contributed by atoms with Crippen LogP contribution in [0.5, 0.6) is 0 Å². The molecule has 4 heteroatoms. The van der Waals surface area contributed by atoms with E-state index in [9.17, 15) is 14.7 Å². The van der Waals surface area contributed by atoms with Crippen molar-refractivity contribution in [3.63, 3.8) is 0 Å². The monoisotopic (exact) mass is 1100 g/mol. The van der Waals surface area contributed by atoms with Gasteiger partial charge in [-0.3, -0.25) is 9.59 Å². The first-order valence-electron chi connectivity index (χ1n) is 36.9. The summed E-state index contributed by atoms with van der Waals surface area (Å²) >= 11 is 0. The topological polar surface area (TPSA) is 63.6 Å². The lowest BCUT2D eigenvalue weighted by Gasteiger charge is -2.18. The van der Waals surface area contributed by atoms with Gasteiger partial charge in [0.1, 0.15) is 6.10 Å². The van der Waals surface area contributed by atoms with Gasteiger partial charge < -0.3 is 9.84 Å². The largest absolute Gasteiger partial charge is 0.481 e. The number of carboxylic acids is 1. The summed E-state index contributed by atoms with van der Waals surface area (Å²) in [6.07, 6.45) is 86.3. The number of hydrogen-bond acceptors (Lipinski definition) is 3. The van der Waals surface area contributed by atoms with Crippen molar-refractivity contribution in [2.24, 2.45) is 5.92 Å². The molecule has 0 fully saturated rings. The van der Waals surface area contributed by atoms with E-state index in [4.69, 9.17) is 4.74 Å². The van der Waals surface area contributed by atoms with E-state index >= 15 is 0 Å². The average molecular weight is 1100 g/mol. The Labute approximate surface area is 493 Å². The van der Waals surface area contributed by atoms with Crippen molar-refractivity contribution in [3.05, 3.63) is 0 Å². The predicted octanol–water partition coefficient (Wildman–Crippen LogP) is 27.0. The molecular weight excluding hydrogens is 953 g/mol. The summed E-state index contributed by atoms with van der Waals surface area (Å²) in [5.41, 5.74) is 0. The summed E-state index contributed by atoms with van der Waals surface area (Å²) in [7, 11) is 0. The molecule has 0 bridgehead atoms. The van der Waals surface area contributed by atoms with Crippen molar-refractivity contribution in [2.75, 3.05) is 0 Å². The number of hydrogen-bond donors (Lipinski definition) is 1. The molecule has 468 valence electrons. The maximum atomic E-state index is 12.6. The molecule has 0 saturated heterocycles. The summed E-state index contributed by atoms with van der Waals surface area (Å²) < 4.78 is 6.03.